The number of aliphatic hydroxyl groups is 1. The van der Waals surface area contributed by atoms with Crippen molar-refractivity contribution >= 4 is 43.4 Å². The van der Waals surface area contributed by atoms with Crippen LogP contribution in [0.1, 0.15) is 26.3 Å². The van der Waals surface area contributed by atoms with Crippen LogP contribution >= 0.6 is 11.3 Å². The predicted octanol–water partition coefficient (Wildman–Crippen LogP) is 1.76. The maximum atomic E-state index is 13.7. The second-order valence-corrected chi connectivity index (χ2v) is 12.7. The summed E-state index contributed by atoms with van der Waals surface area (Å²) in [4.78, 5) is 29.3. The van der Waals surface area contributed by atoms with Crippen molar-refractivity contribution in [3.63, 3.8) is 0 Å². The SMILES string of the molecule is CNCC(=O)N[C@@H](C)C(=O)N[C@@H](Cc1ccccc1)[C@H](O)CN(CC(C)C)S(=O)(=O)c1ccc2ncsc2c1. The highest BCUT2D eigenvalue weighted by Gasteiger charge is 2.32. The van der Waals surface area contributed by atoms with Gasteiger partial charge in [0.1, 0.15) is 6.04 Å². The third kappa shape index (κ3) is 8.54. The Morgan fingerprint density at radius 1 is 1.05 bits per heavy atom. The number of rotatable bonds is 14. The standard InChI is InChI=1S/C27H37N5O5S2/c1-18(2)15-32(39(36,37)21-10-11-22-25(13-21)38-17-29-22)16-24(33)23(12-20-8-6-5-7-9-20)31-27(35)19(3)30-26(34)14-28-4/h5-11,13,17-19,23-24,28,33H,12,14-16H2,1-4H3,(H,30,34)(H,31,35)/t19-,23-,24+/m0/s1. The number of likely N-dealkylation sites (N-methyl/N-ethyl adjacent to an activating group) is 1. The Kier molecular flexibility index (Phi) is 11.0. The number of benzene rings is 2. The molecule has 0 aliphatic carbocycles. The Labute approximate surface area is 233 Å². The molecule has 0 bridgehead atoms. The molecular formula is C27H37N5O5S2. The molecular weight excluding hydrogens is 538 g/mol. The molecule has 0 saturated heterocycles. The Morgan fingerprint density at radius 2 is 1.77 bits per heavy atom. The van der Waals surface area contributed by atoms with Crippen LogP contribution in [0.3, 0.4) is 0 Å². The van der Waals surface area contributed by atoms with Gasteiger partial charge in [0.05, 0.1) is 39.3 Å². The molecule has 12 heteroatoms. The van der Waals surface area contributed by atoms with E-state index in [0.717, 1.165) is 15.8 Å². The molecule has 0 saturated carbocycles. The maximum Gasteiger partial charge on any atom is 0.243 e. The highest BCUT2D eigenvalue weighted by atomic mass is 32.2. The second-order valence-electron chi connectivity index (χ2n) is 9.89. The van der Waals surface area contributed by atoms with Gasteiger partial charge in [0.15, 0.2) is 0 Å². The number of aromatic nitrogens is 1. The minimum Gasteiger partial charge on any atom is -0.390 e. The Balaban J connectivity index is 1.85. The van der Waals surface area contributed by atoms with Gasteiger partial charge in [-0.1, -0.05) is 44.2 Å². The van der Waals surface area contributed by atoms with Gasteiger partial charge in [-0.3, -0.25) is 9.59 Å². The number of hydrogen-bond donors (Lipinski definition) is 4. The number of aliphatic hydroxyl groups excluding tert-OH is 1. The number of thiazole rings is 1. The van der Waals surface area contributed by atoms with Gasteiger partial charge in [-0.05, 0) is 50.1 Å². The Morgan fingerprint density at radius 3 is 2.44 bits per heavy atom. The lowest BCUT2D eigenvalue weighted by molar-refractivity contribution is -0.129. The molecule has 212 valence electrons. The third-order valence-electron chi connectivity index (χ3n) is 6.10. The molecule has 0 unspecified atom stereocenters. The first-order chi connectivity index (χ1) is 18.5. The van der Waals surface area contributed by atoms with Crippen molar-refractivity contribution in [1.29, 1.82) is 0 Å². The lowest BCUT2D eigenvalue weighted by Crippen LogP contribution is -2.55. The maximum absolute atomic E-state index is 13.7. The highest BCUT2D eigenvalue weighted by molar-refractivity contribution is 7.89. The van der Waals surface area contributed by atoms with Gasteiger partial charge in [-0.25, -0.2) is 13.4 Å². The molecule has 2 amide bonds. The average Bonchev–Trinajstić information content (AvgIpc) is 3.36. The van der Waals surface area contributed by atoms with Gasteiger partial charge >= 0.3 is 0 Å². The van der Waals surface area contributed by atoms with Crippen LogP contribution < -0.4 is 16.0 Å². The minimum absolute atomic E-state index is 0.0105. The van der Waals surface area contributed by atoms with Gasteiger partial charge in [-0.2, -0.15) is 4.31 Å². The van der Waals surface area contributed by atoms with Crippen molar-refractivity contribution < 1.29 is 23.1 Å². The van der Waals surface area contributed by atoms with Gasteiger partial charge in [-0.15, -0.1) is 11.3 Å². The number of sulfonamides is 1. The fraction of sp³-hybridized carbons (Fsp3) is 0.444. The monoisotopic (exact) mass is 575 g/mol. The molecule has 0 aliphatic heterocycles. The smallest absolute Gasteiger partial charge is 0.243 e. The van der Waals surface area contributed by atoms with Crippen LogP contribution in [-0.4, -0.2) is 79.5 Å². The second kappa shape index (κ2) is 13.9. The fourth-order valence-electron chi connectivity index (χ4n) is 4.14. The molecule has 0 aliphatic rings. The molecule has 3 atom stereocenters. The van der Waals surface area contributed by atoms with Crippen LogP contribution in [0.15, 0.2) is 58.9 Å². The van der Waals surface area contributed by atoms with Crippen molar-refractivity contribution in [2.75, 3.05) is 26.7 Å². The molecule has 39 heavy (non-hydrogen) atoms. The summed E-state index contributed by atoms with van der Waals surface area (Å²) in [6.07, 6.45) is -0.956. The number of nitrogens with one attached hydrogen (secondary N) is 3. The van der Waals surface area contributed by atoms with E-state index in [-0.39, 0.29) is 42.8 Å². The number of amides is 2. The van der Waals surface area contributed by atoms with Gasteiger partial charge in [0, 0.05) is 13.1 Å². The molecule has 0 fully saturated rings. The van der Waals surface area contributed by atoms with Crippen LogP contribution in [0, 0.1) is 5.92 Å². The summed E-state index contributed by atoms with van der Waals surface area (Å²) in [6, 6.07) is 12.5. The van der Waals surface area contributed by atoms with E-state index in [1.807, 2.05) is 44.2 Å². The number of carbonyl (C=O) groups excluding carboxylic acids is 2. The summed E-state index contributed by atoms with van der Waals surface area (Å²) in [5, 5.41) is 19.5. The van der Waals surface area contributed by atoms with Crippen molar-refractivity contribution in [1.82, 2.24) is 25.2 Å². The molecule has 0 spiro atoms. The number of hydrogen-bond acceptors (Lipinski definition) is 8. The van der Waals surface area contributed by atoms with E-state index in [2.05, 4.69) is 20.9 Å². The topological polar surface area (TPSA) is 141 Å². The van der Waals surface area contributed by atoms with Gasteiger partial charge < -0.3 is 21.1 Å². The van der Waals surface area contributed by atoms with E-state index >= 15 is 0 Å². The van der Waals surface area contributed by atoms with E-state index in [1.54, 1.807) is 31.6 Å². The zero-order valence-electron chi connectivity index (χ0n) is 22.6. The van der Waals surface area contributed by atoms with Crippen molar-refractivity contribution in [2.24, 2.45) is 5.92 Å². The molecule has 1 heterocycles. The van der Waals surface area contributed by atoms with Crippen LogP contribution in [0.2, 0.25) is 0 Å². The quantitative estimate of drug-likeness (QED) is 0.230. The Hall–Kier alpha value is -2.90. The Bertz CT molecular complexity index is 1350. The van der Waals surface area contributed by atoms with Crippen molar-refractivity contribution in [2.45, 2.75) is 50.3 Å². The van der Waals surface area contributed by atoms with Crippen LogP contribution in [0.25, 0.3) is 10.2 Å². The summed E-state index contributed by atoms with van der Waals surface area (Å²) in [6.45, 7) is 5.38. The van der Waals surface area contributed by atoms with Crippen LogP contribution in [0.5, 0.6) is 0 Å². The molecule has 0 radical (unpaired) electrons. The summed E-state index contributed by atoms with van der Waals surface area (Å²) >= 11 is 1.36. The van der Waals surface area contributed by atoms with Gasteiger partial charge in [0.2, 0.25) is 21.8 Å². The van der Waals surface area contributed by atoms with E-state index in [0.29, 0.717) is 0 Å². The molecule has 1 aromatic heterocycles. The van der Waals surface area contributed by atoms with Crippen LogP contribution in [0.4, 0.5) is 0 Å². The first-order valence-electron chi connectivity index (χ1n) is 12.8. The van der Waals surface area contributed by atoms with Crippen LogP contribution in [-0.2, 0) is 26.0 Å². The third-order valence-corrected chi connectivity index (χ3v) is 8.72. The predicted molar refractivity (Wildman–Crippen MR) is 153 cm³/mol. The van der Waals surface area contributed by atoms with E-state index in [1.165, 1.54) is 21.7 Å². The van der Waals surface area contributed by atoms with Crippen molar-refractivity contribution in [3.8, 4) is 0 Å². The molecule has 2 aromatic carbocycles. The number of nitrogens with zero attached hydrogens (tertiary/aromatic N) is 2. The largest absolute Gasteiger partial charge is 0.390 e. The lowest BCUT2D eigenvalue weighted by Gasteiger charge is -2.31. The highest BCUT2D eigenvalue weighted by Crippen LogP contribution is 2.25. The molecule has 3 rings (SSSR count). The molecule has 4 N–H and O–H groups in total. The molecule has 10 nitrogen and oxygen atoms in total. The summed E-state index contributed by atoms with van der Waals surface area (Å²) in [5.41, 5.74) is 3.24. The number of fused-ring (bicyclic) bond motifs is 1. The summed E-state index contributed by atoms with van der Waals surface area (Å²) in [7, 11) is -2.33. The van der Waals surface area contributed by atoms with Gasteiger partial charge in [0.25, 0.3) is 0 Å². The zero-order valence-corrected chi connectivity index (χ0v) is 24.3. The van der Waals surface area contributed by atoms with E-state index in [9.17, 15) is 23.1 Å². The molecule has 3 aromatic rings. The van der Waals surface area contributed by atoms with E-state index < -0.39 is 34.1 Å². The zero-order chi connectivity index (χ0) is 28.6. The van der Waals surface area contributed by atoms with Crippen molar-refractivity contribution in [3.05, 3.63) is 59.6 Å². The first kappa shape index (κ1) is 30.6. The lowest BCUT2D eigenvalue weighted by atomic mass is 10.0. The fourth-order valence-corrected chi connectivity index (χ4v) is 6.58. The van der Waals surface area contributed by atoms with E-state index in [4.69, 9.17) is 0 Å². The average molecular weight is 576 g/mol. The number of carbonyl (C=O) groups is 2. The summed E-state index contributed by atoms with van der Waals surface area (Å²) in [5.74, 6) is -0.829. The normalized spacial score (nSPS) is 14.3. The first-order valence-corrected chi connectivity index (χ1v) is 15.1. The summed E-state index contributed by atoms with van der Waals surface area (Å²) < 4.78 is 29.5. The minimum atomic E-state index is -3.96.